The molecule has 30 heavy (non-hydrogen) atoms. The second-order valence-electron chi connectivity index (χ2n) is 5.87. The molecule has 2 aromatic heterocycles. The number of thioether (sulfide) groups is 1. The summed E-state index contributed by atoms with van der Waals surface area (Å²) in [6.45, 7) is 0. The van der Waals surface area contributed by atoms with E-state index < -0.39 is 4.92 Å². The van der Waals surface area contributed by atoms with Crippen molar-refractivity contribution >= 4 is 50.0 Å². The minimum absolute atomic E-state index is 0.0375. The highest BCUT2D eigenvalue weighted by Crippen LogP contribution is 2.30. The van der Waals surface area contributed by atoms with Gasteiger partial charge in [-0.05, 0) is 24.3 Å². The number of amides is 1. The number of benzene rings is 2. The van der Waals surface area contributed by atoms with Gasteiger partial charge < -0.3 is 14.5 Å². The number of rotatable bonds is 7. The number of nitrogens with zero attached hydrogens (tertiary/aromatic N) is 4. The van der Waals surface area contributed by atoms with Crippen molar-refractivity contribution in [2.45, 2.75) is 5.22 Å². The van der Waals surface area contributed by atoms with E-state index in [1.807, 2.05) is 12.1 Å². The van der Waals surface area contributed by atoms with E-state index in [2.05, 4.69) is 20.5 Å². The van der Waals surface area contributed by atoms with Crippen LogP contribution < -0.4 is 10.1 Å². The van der Waals surface area contributed by atoms with E-state index in [0.29, 0.717) is 10.7 Å². The smallest absolute Gasteiger partial charge is 0.277 e. The van der Waals surface area contributed by atoms with Crippen LogP contribution in [0.3, 0.4) is 0 Å². The lowest BCUT2D eigenvalue weighted by Gasteiger charge is -1.98. The Morgan fingerprint density at radius 3 is 2.97 bits per heavy atom. The number of hydrogen-bond donors (Lipinski definition) is 1. The normalized spacial score (nSPS) is 10.8. The fourth-order valence-corrected chi connectivity index (χ4v) is 3.98. The number of nitro benzene ring substituents is 1. The number of thiazole rings is 1. The molecule has 2 aromatic carbocycles. The number of carbonyl (C=O) groups excluding carboxylic acids is 1. The minimum Gasteiger partial charge on any atom is -0.497 e. The van der Waals surface area contributed by atoms with Crippen LogP contribution in [0.4, 0.5) is 10.8 Å². The Kier molecular flexibility index (Phi) is 5.59. The van der Waals surface area contributed by atoms with Crippen LogP contribution in [0.2, 0.25) is 0 Å². The zero-order chi connectivity index (χ0) is 21.1. The molecular weight excluding hydrogens is 430 g/mol. The van der Waals surface area contributed by atoms with Gasteiger partial charge in [-0.25, -0.2) is 4.98 Å². The SMILES string of the molecule is COc1ccc2nc(NC(=O)CSc3nnc(-c4cccc([N+](=O)[O-])c4)o3)sc2c1. The van der Waals surface area contributed by atoms with Gasteiger partial charge in [0.25, 0.3) is 10.9 Å². The molecule has 0 aliphatic carbocycles. The molecule has 0 unspecified atom stereocenters. The van der Waals surface area contributed by atoms with Crippen LogP contribution in [-0.4, -0.2) is 38.9 Å². The van der Waals surface area contributed by atoms with Crippen LogP contribution >= 0.6 is 23.1 Å². The van der Waals surface area contributed by atoms with Gasteiger partial charge in [0, 0.05) is 17.7 Å². The van der Waals surface area contributed by atoms with E-state index in [0.717, 1.165) is 27.7 Å². The number of fused-ring (bicyclic) bond motifs is 1. The van der Waals surface area contributed by atoms with Crippen molar-refractivity contribution in [1.29, 1.82) is 0 Å². The molecule has 10 nitrogen and oxygen atoms in total. The largest absolute Gasteiger partial charge is 0.497 e. The van der Waals surface area contributed by atoms with E-state index >= 15 is 0 Å². The first-order chi connectivity index (χ1) is 14.5. The number of hydrogen-bond acceptors (Lipinski definition) is 10. The van der Waals surface area contributed by atoms with Crippen LogP contribution in [0.15, 0.2) is 52.1 Å². The lowest BCUT2D eigenvalue weighted by atomic mass is 10.2. The molecule has 0 spiro atoms. The predicted octanol–water partition coefficient (Wildman–Crippen LogP) is 3.99. The third-order valence-corrected chi connectivity index (χ3v) is 5.63. The molecule has 0 aliphatic rings. The molecule has 1 N–H and O–H groups in total. The van der Waals surface area contributed by atoms with E-state index in [1.165, 1.54) is 29.5 Å². The second-order valence-corrected chi connectivity index (χ2v) is 7.83. The molecule has 0 bridgehead atoms. The summed E-state index contributed by atoms with van der Waals surface area (Å²) in [7, 11) is 1.59. The molecule has 2 heterocycles. The number of non-ortho nitro benzene ring substituents is 1. The van der Waals surface area contributed by atoms with E-state index in [-0.39, 0.29) is 28.5 Å². The van der Waals surface area contributed by atoms with Gasteiger partial charge in [0.2, 0.25) is 11.8 Å². The van der Waals surface area contributed by atoms with Gasteiger partial charge in [-0.3, -0.25) is 14.9 Å². The molecule has 0 aliphatic heterocycles. The van der Waals surface area contributed by atoms with Gasteiger partial charge in [-0.15, -0.1) is 10.2 Å². The van der Waals surface area contributed by atoms with Crippen LogP contribution in [0.25, 0.3) is 21.7 Å². The highest BCUT2D eigenvalue weighted by Gasteiger charge is 2.15. The molecule has 12 heteroatoms. The van der Waals surface area contributed by atoms with Gasteiger partial charge in [-0.2, -0.15) is 0 Å². The van der Waals surface area contributed by atoms with Crippen molar-refractivity contribution in [2.75, 3.05) is 18.2 Å². The van der Waals surface area contributed by atoms with Gasteiger partial charge in [0.05, 0.1) is 28.0 Å². The Morgan fingerprint density at radius 2 is 2.17 bits per heavy atom. The maximum atomic E-state index is 12.2. The van der Waals surface area contributed by atoms with Crippen molar-refractivity contribution in [1.82, 2.24) is 15.2 Å². The average molecular weight is 443 g/mol. The number of carbonyl (C=O) groups is 1. The first-order valence-electron chi connectivity index (χ1n) is 8.47. The molecule has 0 saturated carbocycles. The highest BCUT2D eigenvalue weighted by atomic mass is 32.2. The molecule has 4 rings (SSSR count). The molecular formula is C18H13N5O5S2. The zero-order valence-electron chi connectivity index (χ0n) is 15.4. The molecule has 0 fully saturated rings. The van der Waals surface area contributed by atoms with Crippen molar-refractivity contribution < 1.29 is 18.9 Å². The quantitative estimate of drug-likeness (QED) is 0.255. The Morgan fingerprint density at radius 1 is 1.30 bits per heavy atom. The number of nitrogens with one attached hydrogen (secondary N) is 1. The standard InChI is InChI=1S/C18H13N5O5S2/c1-27-12-5-6-13-14(8-12)30-17(19-13)20-15(24)9-29-18-22-21-16(28-18)10-3-2-4-11(7-10)23(25)26/h2-8H,9H2,1H3,(H,19,20,24). The molecule has 0 atom stereocenters. The maximum absolute atomic E-state index is 12.2. The maximum Gasteiger partial charge on any atom is 0.277 e. The Hall–Kier alpha value is -3.51. The van der Waals surface area contributed by atoms with Crippen LogP contribution in [0, 0.1) is 10.1 Å². The number of anilines is 1. The lowest BCUT2D eigenvalue weighted by Crippen LogP contribution is -2.13. The summed E-state index contributed by atoms with van der Waals surface area (Å²) in [5.41, 5.74) is 1.12. The zero-order valence-corrected chi connectivity index (χ0v) is 17.0. The third-order valence-electron chi connectivity index (χ3n) is 3.88. The number of nitro groups is 1. The minimum atomic E-state index is -0.502. The topological polar surface area (TPSA) is 133 Å². The van der Waals surface area contributed by atoms with E-state index in [1.54, 1.807) is 19.2 Å². The summed E-state index contributed by atoms with van der Waals surface area (Å²) in [5.74, 6) is 0.619. The fraction of sp³-hybridized carbons (Fsp3) is 0.111. The highest BCUT2D eigenvalue weighted by molar-refractivity contribution is 7.99. The lowest BCUT2D eigenvalue weighted by molar-refractivity contribution is -0.384. The average Bonchev–Trinajstić information content (AvgIpc) is 3.38. The molecule has 4 aromatic rings. The van der Waals surface area contributed by atoms with Gasteiger partial charge in [0.1, 0.15) is 5.75 Å². The summed E-state index contributed by atoms with van der Waals surface area (Å²) in [6.07, 6.45) is 0. The summed E-state index contributed by atoms with van der Waals surface area (Å²) in [4.78, 5) is 27.0. The Bertz CT molecular complexity index is 1240. The van der Waals surface area contributed by atoms with Gasteiger partial charge in [0.15, 0.2) is 5.13 Å². The van der Waals surface area contributed by atoms with Crippen molar-refractivity contribution in [3.05, 3.63) is 52.6 Å². The number of methoxy groups -OCH3 is 1. The molecule has 0 radical (unpaired) electrons. The second kappa shape index (κ2) is 8.47. The van der Waals surface area contributed by atoms with Crippen LogP contribution in [-0.2, 0) is 4.79 Å². The van der Waals surface area contributed by atoms with Crippen molar-refractivity contribution in [2.24, 2.45) is 0 Å². The van der Waals surface area contributed by atoms with Crippen molar-refractivity contribution in [3.8, 4) is 17.2 Å². The first kappa shape index (κ1) is 19.8. The Balaban J connectivity index is 1.38. The third kappa shape index (κ3) is 4.39. The van der Waals surface area contributed by atoms with E-state index in [4.69, 9.17) is 9.15 Å². The molecule has 152 valence electrons. The van der Waals surface area contributed by atoms with Crippen LogP contribution in [0.5, 0.6) is 5.75 Å². The van der Waals surface area contributed by atoms with Crippen LogP contribution in [0.1, 0.15) is 0 Å². The summed E-state index contributed by atoms with van der Waals surface area (Å²) in [5, 5.41) is 22.0. The number of aromatic nitrogens is 3. The fourth-order valence-electron chi connectivity index (χ4n) is 2.51. The Labute approximate surface area is 177 Å². The van der Waals surface area contributed by atoms with Gasteiger partial charge in [-0.1, -0.05) is 29.2 Å². The van der Waals surface area contributed by atoms with E-state index in [9.17, 15) is 14.9 Å². The number of ether oxygens (including phenoxy) is 1. The van der Waals surface area contributed by atoms with Crippen molar-refractivity contribution in [3.63, 3.8) is 0 Å². The first-order valence-corrected chi connectivity index (χ1v) is 10.3. The summed E-state index contributed by atoms with van der Waals surface area (Å²) in [6, 6.07) is 11.4. The molecule has 0 saturated heterocycles. The molecule has 1 amide bonds. The van der Waals surface area contributed by atoms with Gasteiger partial charge >= 0.3 is 0 Å². The predicted molar refractivity (Wildman–Crippen MR) is 112 cm³/mol. The summed E-state index contributed by atoms with van der Waals surface area (Å²) >= 11 is 2.40. The monoisotopic (exact) mass is 443 g/mol. The summed E-state index contributed by atoms with van der Waals surface area (Å²) < 4.78 is 11.6.